The lowest BCUT2D eigenvalue weighted by atomic mass is 10.9. The van der Waals surface area contributed by atoms with Crippen LogP contribution in [0.4, 0.5) is 4.79 Å². The van der Waals surface area contributed by atoms with Crippen molar-refractivity contribution in [3.63, 3.8) is 0 Å². The quantitative estimate of drug-likeness (QED) is 0.386. The number of nitrogens with two attached hydrogens (primary N) is 2. The van der Waals surface area contributed by atoms with Gasteiger partial charge >= 0.3 is 6.03 Å². The van der Waals surface area contributed by atoms with Gasteiger partial charge in [0.25, 0.3) is 5.97 Å². The second-order valence-electron chi connectivity index (χ2n) is 0.921. The number of urea groups is 1. The summed E-state index contributed by atoms with van der Waals surface area (Å²) in [5.74, 6) is -0.833. The summed E-state index contributed by atoms with van der Waals surface area (Å²) in [6.07, 6.45) is 0. The fraction of sp³-hybridized carbons (Fsp3) is 0.333. The molecular formula is C3H8N2O3. The van der Waals surface area contributed by atoms with E-state index in [9.17, 15) is 0 Å². The molecule has 8 heavy (non-hydrogen) atoms. The van der Waals surface area contributed by atoms with Crippen LogP contribution in [0.15, 0.2) is 0 Å². The van der Waals surface area contributed by atoms with E-state index < -0.39 is 12.0 Å². The van der Waals surface area contributed by atoms with Gasteiger partial charge in [-0.3, -0.25) is 4.79 Å². The molecule has 0 heterocycles. The van der Waals surface area contributed by atoms with E-state index in [4.69, 9.17) is 14.7 Å². The number of hydrogen-bond donors (Lipinski definition) is 3. The molecule has 0 atom stereocenters. The van der Waals surface area contributed by atoms with E-state index in [0.717, 1.165) is 6.92 Å². The average molecular weight is 120 g/mol. The summed E-state index contributed by atoms with van der Waals surface area (Å²) in [6, 6.07) is -0.833. The molecule has 2 amide bonds. The summed E-state index contributed by atoms with van der Waals surface area (Å²) in [5, 5.41) is 7.42. The lowest BCUT2D eigenvalue weighted by molar-refractivity contribution is -0.134. The zero-order valence-electron chi connectivity index (χ0n) is 4.42. The first-order valence-electron chi connectivity index (χ1n) is 1.71. The van der Waals surface area contributed by atoms with E-state index in [2.05, 4.69) is 11.5 Å². The van der Waals surface area contributed by atoms with E-state index >= 15 is 0 Å². The summed E-state index contributed by atoms with van der Waals surface area (Å²) in [6.45, 7) is 1.08. The number of aliphatic carboxylic acids is 1. The van der Waals surface area contributed by atoms with Crippen molar-refractivity contribution in [3.05, 3.63) is 0 Å². The number of carbonyl (C=O) groups is 2. The number of rotatable bonds is 0. The SMILES string of the molecule is CC(=O)O.NC(N)=O. The van der Waals surface area contributed by atoms with Gasteiger partial charge in [0.2, 0.25) is 0 Å². The number of amides is 2. The molecule has 0 rings (SSSR count). The summed E-state index contributed by atoms with van der Waals surface area (Å²) >= 11 is 0. The zero-order chi connectivity index (χ0) is 7.15. The molecule has 0 aliphatic rings. The molecule has 0 saturated heterocycles. The van der Waals surface area contributed by atoms with Crippen molar-refractivity contribution in [1.82, 2.24) is 0 Å². The van der Waals surface area contributed by atoms with E-state index in [-0.39, 0.29) is 0 Å². The van der Waals surface area contributed by atoms with Crippen molar-refractivity contribution < 1.29 is 14.7 Å². The van der Waals surface area contributed by atoms with Gasteiger partial charge in [-0.1, -0.05) is 0 Å². The van der Waals surface area contributed by atoms with Crippen molar-refractivity contribution in [3.8, 4) is 0 Å². The normalized spacial score (nSPS) is 6.12. The Hall–Kier alpha value is -1.26. The predicted molar refractivity (Wildman–Crippen MR) is 27.1 cm³/mol. The maximum absolute atomic E-state index is 9.00. The van der Waals surface area contributed by atoms with Crippen molar-refractivity contribution in [1.29, 1.82) is 0 Å². The van der Waals surface area contributed by atoms with E-state index in [1.807, 2.05) is 0 Å². The van der Waals surface area contributed by atoms with Crippen molar-refractivity contribution >= 4 is 12.0 Å². The van der Waals surface area contributed by atoms with E-state index in [1.165, 1.54) is 0 Å². The molecule has 0 aliphatic carbocycles. The van der Waals surface area contributed by atoms with Crippen LogP contribution in [0.1, 0.15) is 6.92 Å². The maximum atomic E-state index is 9.00. The first-order chi connectivity index (χ1) is 3.46. The van der Waals surface area contributed by atoms with Crippen LogP contribution in [0.2, 0.25) is 0 Å². The van der Waals surface area contributed by atoms with Gasteiger partial charge in [-0.15, -0.1) is 0 Å². The smallest absolute Gasteiger partial charge is 0.309 e. The zero-order valence-corrected chi connectivity index (χ0v) is 4.42. The minimum atomic E-state index is -0.833. The summed E-state index contributed by atoms with van der Waals surface area (Å²) < 4.78 is 0. The third-order valence-electron chi connectivity index (χ3n) is 0. The van der Waals surface area contributed by atoms with E-state index in [0.29, 0.717) is 0 Å². The third kappa shape index (κ3) is 41.8. The third-order valence-corrected chi connectivity index (χ3v) is 0. The van der Waals surface area contributed by atoms with Crippen LogP contribution in [0.25, 0.3) is 0 Å². The highest BCUT2D eigenvalue weighted by molar-refractivity contribution is 5.69. The van der Waals surface area contributed by atoms with Gasteiger partial charge in [0.05, 0.1) is 0 Å². The molecule has 0 unspecified atom stereocenters. The molecule has 5 N–H and O–H groups in total. The van der Waals surface area contributed by atoms with Crippen LogP contribution in [-0.4, -0.2) is 17.1 Å². The highest BCUT2D eigenvalue weighted by atomic mass is 16.4. The van der Waals surface area contributed by atoms with Gasteiger partial charge in [-0.2, -0.15) is 0 Å². The molecule has 48 valence electrons. The number of carboxylic acids is 1. The first kappa shape index (κ1) is 9.88. The summed E-state index contributed by atoms with van der Waals surface area (Å²) in [5.41, 5.74) is 8.50. The minimum absolute atomic E-state index is 0.833. The van der Waals surface area contributed by atoms with Crippen LogP contribution < -0.4 is 11.5 Å². The first-order valence-corrected chi connectivity index (χ1v) is 1.71. The summed E-state index contributed by atoms with van der Waals surface area (Å²) in [4.78, 5) is 18.0. The number of hydrogen-bond acceptors (Lipinski definition) is 2. The van der Waals surface area contributed by atoms with Gasteiger partial charge in [-0.25, -0.2) is 4.79 Å². The van der Waals surface area contributed by atoms with E-state index in [1.54, 1.807) is 0 Å². The Morgan fingerprint density at radius 3 is 1.38 bits per heavy atom. The molecule has 0 aromatic rings. The predicted octanol–water partition coefficient (Wildman–Crippen LogP) is -0.885. The van der Waals surface area contributed by atoms with Crippen molar-refractivity contribution in [2.75, 3.05) is 0 Å². The Morgan fingerprint density at radius 2 is 1.38 bits per heavy atom. The molecule has 0 aromatic heterocycles. The second-order valence-corrected chi connectivity index (χ2v) is 0.921. The number of carbonyl (C=O) groups excluding carboxylic acids is 1. The Balaban J connectivity index is 0. The Morgan fingerprint density at radius 1 is 1.38 bits per heavy atom. The van der Waals surface area contributed by atoms with Gasteiger partial charge in [0, 0.05) is 6.92 Å². The van der Waals surface area contributed by atoms with Crippen LogP contribution in [0.5, 0.6) is 0 Å². The molecule has 5 heteroatoms. The lowest BCUT2D eigenvalue weighted by Gasteiger charge is -1.62. The molecule has 0 aliphatic heterocycles. The molecule has 0 radical (unpaired) electrons. The standard InChI is InChI=1S/C2H4O2.CH4N2O/c1-2(3)4;2-1(3)4/h1H3,(H,3,4);(H4,2,3,4). The van der Waals surface area contributed by atoms with Crippen molar-refractivity contribution in [2.24, 2.45) is 11.5 Å². The van der Waals surface area contributed by atoms with Crippen LogP contribution >= 0.6 is 0 Å². The Labute approximate surface area is 46.3 Å². The van der Waals surface area contributed by atoms with Crippen molar-refractivity contribution in [2.45, 2.75) is 6.92 Å². The number of primary amides is 2. The van der Waals surface area contributed by atoms with Gasteiger partial charge < -0.3 is 16.6 Å². The molecule has 0 saturated carbocycles. The monoisotopic (exact) mass is 120 g/mol. The minimum Gasteiger partial charge on any atom is -0.481 e. The highest BCUT2D eigenvalue weighted by Crippen LogP contribution is 1.42. The molecular weight excluding hydrogens is 112 g/mol. The van der Waals surface area contributed by atoms with Crippen LogP contribution in [-0.2, 0) is 4.79 Å². The van der Waals surface area contributed by atoms with Gasteiger partial charge in [-0.05, 0) is 0 Å². The molecule has 5 nitrogen and oxygen atoms in total. The molecule has 0 fully saturated rings. The number of carboxylic acid groups (broad SMARTS) is 1. The largest absolute Gasteiger partial charge is 0.481 e. The topological polar surface area (TPSA) is 106 Å². The lowest BCUT2D eigenvalue weighted by Crippen LogP contribution is -2.18. The maximum Gasteiger partial charge on any atom is 0.309 e. The Kier molecular flexibility index (Phi) is 7.09. The fourth-order valence-corrected chi connectivity index (χ4v) is 0. The molecule has 0 spiro atoms. The van der Waals surface area contributed by atoms with Crippen LogP contribution in [0, 0.1) is 0 Å². The summed E-state index contributed by atoms with van der Waals surface area (Å²) in [7, 11) is 0. The highest BCUT2D eigenvalue weighted by Gasteiger charge is 1.65. The molecule has 0 bridgehead atoms. The second kappa shape index (κ2) is 5.74. The fourth-order valence-electron chi connectivity index (χ4n) is 0. The van der Waals surface area contributed by atoms with Gasteiger partial charge in [0.15, 0.2) is 0 Å². The average Bonchev–Trinajstić information content (AvgIpc) is 1.25. The Bertz CT molecular complexity index is 70.5. The molecule has 0 aromatic carbocycles. The van der Waals surface area contributed by atoms with Crippen LogP contribution in [0.3, 0.4) is 0 Å². The van der Waals surface area contributed by atoms with Gasteiger partial charge in [0.1, 0.15) is 0 Å².